The SMILES string of the molecule is CC1(C)CCC(=O)N(CC(O)C2CC2)CC1. The van der Waals surface area contributed by atoms with Gasteiger partial charge >= 0.3 is 0 Å². The van der Waals surface area contributed by atoms with Gasteiger partial charge in [-0.3, -0.25) is 4.79 Å². The second-order valence-corrected chi connectivity index (χ2v) is 6.16. The van der Waals surface area contributed by atoms with E-state index in [1.54, 1.807) is 0 Å². The summed E-state index contributed by atoms with van der Waals surface area (Å²) < 4.78 is 0. The molecule has 1 saturated carbocycles. The lowest BCUT2D eigenvalue weighted by atomic mass is 9.85. The Kier molecular flexibility index (Phi) is 3.24. The predicted molar refractivity (Wildman–Crippen MR) is 62.9 cm³/mol. The van der Waals surface area contributed by atoms with Crippen molar-refractivity contribution in [2.75, 3.05) is 13.1 Å². The first-order valence-corrected chi connectivity index (χ1v) is 6.44. The highest BCUT2D eigenvalue weighted by molar-refractivity contribution is 5.76. The summed E-state index contributed by atoms with van der Waals surface area (Å²) in [4.78, 5) is 13.8. The maximum atomic E-state index is 11.9. The third-order valence-electron chi connectivity index (χ3n) is 4.00. The third kappa shape index (κ3) is 2.97. The summed E-state index contributed by atoms with van der Waals surface area (Å²) in [5.41, 5.74) is 0.273. The van der Waals surface area contributed by atoms with Crippen LogP contribution >= 0.6 is 0 Å². The van der Waals surface area contributed by atoms with E-state index in [-0.39, 0.29) is 17.4 Å². The molecule has 1 amide bonds. The molecule has 2 rings (SSSR count). The first-order chi connectivity index (χ1) is 7.48. The number of aliphatic hydroxyl groups is 1. The van der Waals surface area contributed by atoms with E-state index in [9.17, 15) is 9.90 Å². The summed E-state index contributed by atoms with van der Waals surface area (Å²) in [5.74, 6) is 0.689. The molecular formula is C13H23NO2. The molecule has 1 atom stereocenters. The zero-order valence-corrected chi connectivity index (χ0v) is 10.4. The van der Waals surface area contributed by atoms with Crippen LogP contribution in [-0.4, -0.2) is 35.1 Å². The molecule has 1 unspecified atom stereocenters. The van der Waals surface area contributed by atoms with E-state index in [0.29, 0.717) is 18.9 Å². The number of carbonyl (C=O) groups is 1. The second-order valence-electron chi connectivity index (χ2n) is 6.16. The minimum absolute atomic E-state index is 0.227. The molecule has 3 nitrogen and oxygen atoms in total. The van der Waals surface area contributed by atoms with Crippen LogP contribution < -0.4 is 0 Å². The molecule has 1 aliphatic carbocycles. The molecule has 0 spiro atoms. The summed E-state index contributed by atoms with van der Waals surface area (Å²) >= 11 is 0. The van der Waals surface area contributed by atoms with Gasteiger partial charge in [0.15, 0.2) is 0 Å². The second kappa shape index (κ2) is 4.36. The molecule has 16 heavy (non-hydrogen) atoms. The molecule has 0 aromatic rings. The summed E-state index contributed by atoms with van der Waals surface area (Å²) in [7, 11) is 0. The standard InChI is InChI=1S/C13H23NO2/c1-13(2)6-5-12(16)14(8-7-13)9-11(15)10-3-4-10/h10-11,15H,3-9H2,1-2H3. The van der Waals surface area contributed by atoms with E-state index >= 15 is 0 Å². The quantitative estimate of drug-likeness (QED) is 0.795. The lowest BCUT2D eigenvalue weighted by Gasteiger charge is -2.25. The minimum Gasteiger partial charge on any atom is -0.391 e. The van der Waals surface area contributed by atoms with E-state index in [1.165, 1.54) is 0 Å². The average molecular weight is 225 g/mol. The summed E-state index contributed by atoms with van der Waals surface area (Å²) in [6.07, 6.45) is 4.65. The van der Waals surface area contributed by atoms with Gasteiger partial charge in [0.1, 0.15) is 0 Å². The molecule has 2 aliphatic rings. The first-order valence-electron chi connectivity index (χ1n) is 6.44. The molecule has 1 N–H and O–H groups in total. The van der Waals surface area contributed by atoms with Gasteiger partial charge < -0.3 is 10.0 Å². The van der Waals surface area contributed by atoms with Crippen molar-refractivity contribution in [2.45, 2.75) is 52.1 Å². The highest BCUT2D eigenvalue weighted by atomic mass is 16.3. The molecular weight excluding hydrogens is 202 g/mol. The number of nitrogens with zero attached hydrogens (tertiary/aromatic N) is 1. The highest BCUT2D eigenvalue weighted by Crippen LogP contribution is 2.34. The van der Waals surface area contributed by atoms with Gasteiger partial charge in [-0.1, -0.05) is 13.8 Å². The molecule has 3 heteroatoms. The fourth-order valence-electron chi connectivity index (χ4n) is 2.34. The van der Waals surface area contributed by atoms with Crippen LogP contribution in [0.25, 0.3) is 0 Å². The molecule has 1 heterocycles. The molecule has 0 radical (unpaired) electrons. The normalized spacial score (nSPS) is 27.7. The largest absolute Gasteiger partial charge is 0.391 e. The fraction of sp³-hybridized carbons (Fsp3) is 0.923. The Hall–Kier alpha value is -0.570. The van der Waals surface area contributed by atoms with Gasteiger partial charge in [0.2, 0.25) is 5.91 Å². The van der Waals surface area contributed by atoms with Crippen molar-refractivity contribution in [3.05, 3.63) is 0 Å². The molecule has 0 bridgehead atoms. The van der Waals surface area contributed by atoms with Gasteiger partial charge in [-0.15, -0.1) is 0 Å². The zero-order chi connectivity index (χ0) is 11.8. The van der Waals surface area contributed by atoms with E-state index in [0.717, 1.165) is 32.2 Å². The molecule has 92 valence electrons. The number of likely N-dealkylation sites (tertiary alicyclic amines) is 1. The third-order valence-corrected chi connectivity index (χ3v) is 4.00. The molecule has 2 fully saturated rings. The van der Waals surface area contributed by atoms with Gasteiger partial charge in [-0.25, -0.2) is 0 Å². The predicted octanol–water partition coefficient (Wildman–Crippen LogP) is 1.80. The number of carbonyl (C=O) groups excluding carboxylic acids is 1. The van der Waals surface area contributed by atoms with Crippen molar-refractivity contribution in [3.63, 3.8) is 0 Å². The lowest BCUT2D eigenvalue weighted by Crippen LogP contribution is -2.38. The van der Waals surface area contributed by atoms with Crippen molar-refractivity contribution >= 4 is 5.91 Å². The van der Waals surface area contributed by atoms with Crippen molar-refractivity contribution in [2.24, 2.45) is 11.3 Å². The van der Waals surface area contributed by atoms with Crippen LogP contribution in [0, 0.1) is 11.3 Å². The number of hydrogen-bond donors (Lipinski definition) is 1. The Balaban J connectivity index is 1.90. The number of aliphatic hydroxyl groups excluding tert-OH is 1. The Bertz CT molecular complexity index is 271. The lowest BCUT2D eigenvalue weighted by molar-refractivity contribution is -0.132. The van der Waals surface area contributed by atoms with Crippen molar-refractivity contribution in [1.29, 1.82) is 0 Å². The Morgan fingerprint density at radius 1 is 1.44 bits per heavy atom. The highest BCUT2D eigenvalue weighted by Gasteiger charge is 2.33. The zero-order valence-electron chi connectivity index (χ0n) is 10.4. The van der Waals surface area contributed by atoms with Gasteiger partial charge in [0.05, 0.1) is 6.10 Å². The number of rotatable bonds is 3. The van der Waals surface area contributed by atoms with Gasteiger partial charge in [0.25, 0.3) is 0 Å². The Morgan fingerprint density at radius 2 is 2.12 bits per heavy atom. The summed E-state index contributed by atoms with van der Waals surface area (Å²) in [6.45, 7) is 5.82. The van der Waals surface area contributed by atoms with Crippen LogP contribution in [0.4, 0.5) is 0 Å². The topological polar surface area (TPSA) is 40.5 Å². The van der Waals surface area contributed by atoms with Crippen molar-refractivity contribution in [1.82, 2.24) is 4.90 Å². The first kappa shape index (κ1) is 11.9. The Morgan fingerprint density at radius 3 is 2.75 bits per heavy atom. The fourth-order valence-corrected chi connectivity index (χ4v) is 2.34. The van der Waals surface area contributed by atoms with Crippen LogP contribution in [0.2, 0.25) is 0 Å². The van der Waals surface area contributed by atoms with Gasteiger partial charge in [0, 0.05) is 19.5 Å². The van der Waals surface area contributed by atoms with Crippen LogP contribution in [-0.2, 0) is 4.79 Å². The number of hydrogen-bond acceptors (Lipinski definition) is 2. The van der Waals surface area contributed by atoms with Crippen LogP contribution in [0.1, 0.15) is 46.0 Å². The average Bonchev–Trinajstić information content (AvgIpc) is 3.03. The number of β-amino-alcohol motifs (C(OH)–C–C–N with tert-alkyl or cyclic N) is 1. The molecule has 0 aromatic heterocycles. The van der Waals surface area contributed by atoms with E-state index < -0.39 is 0 Å². The summed E-state index contributed by atoms with van der Waals surface area (Å²) in [6, 6.07) is 0. The Labute approximate surface area is 97.8 Å². The number of amides is 1. The summed E-state index contributed by atoms with van der Waals surface area (Å²) in [5, 5.41) is 9.89. The van der Waals surface area contributed by atoms with Crippen LogP contribution in [0.3, 0.4) is 0 Å². The van der Waals surface area contributed by atoms with Gasteiger partial charge in [-0.05, 0) is 37.0 Å². The van der Waals surface area contributed by atoms with Gasteiger partial charge in [-0.2, -0.15) is 0 Å². The maximum absolute atomic E-state index is 11.9. The minimum atomic E-state index is -0.287. The molecule has 1 aliphatic heterocycles. The van der Waals surface area contributed by atoms with Crippen LogP contribution in [0.15, 0.2) is 0 Å². The molecule has 0 aromatic carbocycles. The maximum Gasteiger partial charge on any atom is 0.222 e. The molecule has 1 saturated heterocycles. The van der Waals surface area contributed by atoms with Crippen molar-refractivity contribution in [3.8, 4) is 0 Å². The van der Waals surface area contributed by atoms with Crippen LogP contribution in [0.5, 0.6) is 0 Å². The smallest absolute Gasteiger partial charge is 0.222 e. The van der Waals surface area contributed by atoms with E-state index in [2.05, 4.69) is 13.8 Å². The van der Waals surface area contributed by atoms with E-state index in [4.69, 9.17) is 0 Å². The van der Waals surface area contributed by atoms with Crippen molar-refractivity contribution < 1.29 is 9.90 Å². The van der Waals surface area contributed by atoms with E-state index in [1.807, 2.05) is 4.90 Å². The monoisotopic (exact) mass is 225 g/mol.